The van der Waals surface area contributed by atoms with Crippen molar-refractivity contribution >= 4 is 34.4 Å². The van der Waals surface area contributed by atoms with E-state index in [9.17, 15) is 19.6 Å². The van der Waals surface area contributed by atoms with Crippen LogP contribution in [0, 0.1) is 18.3 Å². The molecule has 158 valence electrons. The summed E-state index contributed by atoms with van der Waals surface area (Å²) in [5.74, 6) is -0.161. The number of amides is 4. The zero-order valence-electron chi connectivity index (χ0n) is 16.9. The van der Waals surface area contributed by atoms with E-state index in [-0.39, 0.29) is 23.6 Å². The molecule has 0 N–H and O–H groups in total. The highest BCUT2D eigenvalue weighted by Gasteiger charge is 2.63. The van der Waals surface area contributed by atoms with Gasteiger partial charge in [-0.3, -0.25) is 14.6 Å². The van der Waals surface area contributed by atoms with Gasteiger partial charge in [0.25, 0.3) is 11.8 Å². The highest BCUT2D eigenvalue weighted by atomic mass is 16.5. The fourth-order valence-electron chi connectivity index (χ4n) is 5.17. The molecule has 0 saturated carbocycles. The number of nitrogens with zero attached hydrogens (tertiary/aromatic N) is 6. The van der Waals surface area contributed by atoms with Crippen LogP contribution in [0.5, 0.6) is 0 Å². The Balaban J connectivity index is 1.38. The van der Waals surface area contributed by atoms with Gasteiger partial charge in [-0.25, -0.2) is 9.69 Å². The smallest absolute Gasteiger partial charge is 0.332 e. The minimum atomic E-state index is -0.749. The summed E-state index contributed by atoms with van der Waals surface area (Å²) in [6, 6.07) is 8.43. The lowest BCUT2D eigenvalue weighted by Gasteiger charge is -2.34. The van der Waals surface area contributed by atoms with E-state index in [0.717, 1.165) is 4.90 Å². The normalized spacial score (nSPS) is 23.9. The third-order valence-corrected chi connectivity index (χ3v) is 6.48. The largest absolute Gasteiger partial charge is 0.361 e. The van der Waals surface area contributed by atoms with Gasteiger partial charge in [0, 0.05) is 24.2 Å². The highest BCUT2D eigenvalue weighted by molar-refractivity contribution is 6.25. The van der Waals surface area contributed by atoms with Crippen LogP contribution in [0.3, 0.4) is 0 Å². The molecule has 2 bridgehead atoms. The Morgan fingerprint density at radius 3 is 2.88 bits per heavy atom. The van der Waals surface area contributed by atoms with Crippen molar-refractivity contribution in [2.24, 2.45) is 0 Å². The lowest BCUT2D eigenvalue weighted by molar-refractivity contribution is -0.121. The number of rotatable bonds is 2. The van der Waals surface area contributed by atoms with Crippen LogP contribution in [0.4, 0.5) is 10.5 Å². The van der Waals surface area contributed by atoms with Gasteiger partial charge in [0.1, 0.15) is 17.9 Å². The number of nitriles is 1. The molecule has 2 aromatic heterocycles. The third kappa shape index (κ3) is 2.30. The molecule has 4 amide bonds. The number of hydrogen-bond donors (Lipinski definition) is 0. The number of anilines is 1. The second-order valence-electron chi connectivity index (χ2n) is 8.19. The molecule has 10 heteroatoms. The monoisotopic (exact) mass is 428 g/mol. The van der Waals surface area contributed by atoms with Crippen molar-refractivity contribution in [3.8, 4) is 6.07 Å². The van der Waals surface area contributed by atoms with E-state index in [1.54, 1.807) is 53.3 Å². The van der Waals surface area contributed by atoms with Crippen molar-refractivity contribution in [3.05, 3.63) is 53.5 Å². The van der Waals surface area contributed by atoms with Gasteiger partial charge in [0.05, 0.1) is 28.9 Å². The summed E-state index contributed by atoms with van der Waals surface area (Å²) < 4.78 is 5.02. The molecule has 3 aliphatic heterocycles. The Morgan fingerprint density at radius 1 is 1.28 bits per heavy atom. The van der Waals surface area contributed by atoms with E-state index in [2.05, 4.69) is 16.2 Å². The number of aromatic nitrogens is 2. The van der Waals surface area contributed by atoms with Crippen molar-refractivity contribution in [2.75, 3.05) is 11.4 Å². The zero-order chi connectivity index (χ0) is 22.1. The zero-order valence-corrected chi connectivity index (χ0v) is 16.9. The maximum Gasteiger partial charge on any atom is 0.332 e. The first kappa shape index (κ1) is 18.5. The van der Waals surface area contributed by atoms with Crippen molar-refractivity contribution < 1.29 is 18.9 Å². The summed E-state index contributed by atoms with van der Waals surface area (Å²) >= 11 is 0. The molecule has 3 aliphatic rings. The molecule has 3 saturated heterocycles. The maximum atomic E-state index is 13.5. The van der Waals surface area contributed by atoms with E-state index >= 15 is 0 Å². The number of imide groups is 1. The molecule has 3 fully saturated rings. The number of likely N-dealkylation sites (tertiary alicyclic amines) is 1. The molecule has 3 aromatic rings. The molecule has 32 heavy (non-hydrogen) atoms. The molecule has 3 atom stereocenters. The number of carbonyl (C=O) groups excluding carboxylic acids is 3. The molecule has 1 unspecified atom stereocenters. The molecule has 1 aromatic carbocycles. The van der Waals surface area contributed by atoms with Gasteiger partial charge in [0.15, 0.2) is 5.69 Å². The summed E-state index contributed by atoms with van der Waals surface area (Å²) in [6.07, 6.45) is 2.11. The number of urea groups is 1. The van der Waals surface area contributed by atoms with Crippen LogP contribution in [0.25, 0.3) is 10.9 Å². The van der Waals surface area contributed by atoms with Crippen LogP contribution in [-0.2, 0) is 4.79 Å². The maximum absolute atomic E-state index is 13.5. The van der Waals surface area contributed by atoms with E-state index < -0.39 is 18.1 Å². The van der Waals surface area contributed by atoms with Crippen molar-refractivity contribution in [1.29, 1.82) is 5.26 Å². The van der Waals surface area contributed by atoms with Gasteiger partial charge in [0.2, 0.25) is 0 Å². The SMILES string of the molecule is Cc1cc(C(=O)N2C[C@H]3CC2[C@@H]2C(=O)N(c4ccc(C#N)c5ncccc45)C(=O)N32)no1. The van der Waals surface area contributed by atoms with Crippen LogP contribution in [-0.4, -0.2) is 62.5 Å². The molecular formula is C22H16N6O4. The summed E-state index contributed by atoms with van der Waals surface area (Å²) in [5, 5.41) is 13.7. The van der Waals surface area contributed by atoms with E-state index in [4.69, 9.17) is 4.52 Å². The van der Waals surface area contributed by atoms with Crippen LogP contribution in [0.2, 0.25) is 0 Å². The average molecular weight is 428 g/mol. The topological polar surface area (TPSA) is 124 Å². The fourth-order valence-corrected chi connectivity index (χ4v) is 5.17. The Labute approximate surface area is 181 Å². The second kappa shape index (κ2) is 6.37. The average Bonchev–Trinajstić information content (AvgIpc) is 3.56. The van der Waals surface area contributed by atoms with E-state index in [0.29, 0.717) is 40.9 Å². The number of fused-ring (bicyclic) bond motifs is 6. The first-order valence-corrected chi connectivity index (χ1v) is 10.2. The minimum absolute atomic E-state index is 0.194. The van der Waals surface area contributed by atoms with Crippen molar-refractivity contribution in [2.45, 2.75) is 31.5 Å². The van der Waals surface area contributed by atoms with Crippen LogP contribution >= 0.6 is 0 Å². The van der Waals surface area contributed by atoms with Gasteiger partial charge in [-0.15, -0.1) is 0 Å². The predicted molar refractivity (Wildman–Crippen MR) is 109 cm³/mol. The standard InChI is InChI=1S/C22H16N6O4/c1-11-7-15(25-32-11)20(29)26-10-13-8-17(26)19-21(30)28(22(31)27(13)19)16-5-4-12(9-23)18-14(16)3-2-6-24-18/h2-7,13,17,19H,8,10H2,1H3/t13-,17?,19-/m1/s1. The predicted octanol–water partition coefficient (Wildman–Crippen LogP) is 1.84. The van der Waals surface area contributed by atoms with E-state index in [1.807, 2.05) is 0 Å². The summed E-state index contributed by atoms with van der Waals surface area (Å²) in [7, 11) is 0. The molecular weight excluding hydrogens is 412 g/mol. The number of hydrogen-bond acceptors (Lipinski definition) is 7. The Morgan fingerprint density at radius 2 is 2.12 bits per heavy atom. The Kier molecular flexibility index (Phi) is 3.68. The number of aryl methyl sites for hydroxylation is 1. The van der Waals surface area contributed by atoms with Gasteiger partial charge >= 0.3 is 6.03 Å². The van der Waals surface area contributed by atoms with Gasteiger partial charge in [-0.1, -0.05) is 5.16 Å². The first-order valence-electron chi connectivity index (χ1n) is 10.2. The first-order chi connectivity index (χ1) is 15.5. The van der Waals surface area contributed by atoms with Crippen molar-refractivity contribution in [3.63, 3.8) is 0 Å². The van der Waals surface area contributed by atoms with Gasteiger partial charge in [-0.2, -0.15) is 5.26 Å². The van der Waals surface area contributed by atoms with Crippen LogP contribution < -0.4 is 4.90 Å². The molecule has 0 spiro atoms. The van der Waals surface area contributed by atoms with Crippen LogP contribution in [0.15, 0.2) is 41.1 Å². The van der Waals surface area contributed by atoms with Gasteiger partial charge in [-0.05, 0) is 37.6 Å². The van der Waals surface area contributed by atoms with Crippen molar-refractivity contribution in [1.82, 2.24) is 19.9 Å². The number of benzene rings is 1. The molecule has 6 rings (SSSR count). The summed E-state index contributed by atoms with van der Waals surface area (Å²) in [4.78, 5) is 48.4. The van der Waals surface area contributed by atoms with Gasteiger partial charge < -0.3 is 14.3 Å². The molecule has 10 nitrogen and oxygen atoms in total. The molecule has 0 radical (unpaired) electrons. The second-order valence-corrected chi connectivity index (χ2v) is 8.19. The quantitative estimate of drug-likeness (QED) is 0.571. The number of carbonyl (C=O) groups is 3. The lowest BCUT2D eigenvalue weighted by Crippen LogP contribution is -2.54. The summed E-state index contributed by atoms with van der Waals surface area (Å²) in [5.41, 5.74) is 1.38. The fraction of sp³-hybridized carbons (Fsp3) is 0.273. The third-order valence-electron chi connectivity index (χ3n) is 6.48. The molecule has 5 heterocycles. The molecule has 0 aliphatic carbocycles. The minimum Gasteiger partial charge on any atom is -0.361 e. The lowest BCUT2D eigenvalue weighted by atomic mass is 10.1. The summed E-state index contributed by atoms with van der Waals surface area (Å²) in [6.45, 7) is 2.05. The Bertz CT molecular complexity index is 1370. The Hall–Kier alpha value is -4.26. The van der Waals surface area contributed by atoms with Crippen LogP contribution in [0.1, 0.15) is 28.2 Å². The number of pyridine rings is 1. The number of piperazine rings is 1. The highest BCUT2D eigenvalue weighted by Crippen LogP contribution is 2.44. The van der Waals surface area contributed by atoms with E-state index in [1.165, 1.54) is 0 Å².